The molecular formula is C51H40N2. The lowest BCUT2D eigenvalue weighted by Crippen LogP contribution is -2.27. The van der Waals surface area contributed by atoms with Crippen LogP contribution in [0.4, 0.5) is 34.1 Å². The maximum absolute atomic E-state index is 2.53. The molecule has 0 bridgehead atoms. The predicted molar refractivity (Wildman–Crippen MR) is 223 cm³/mol. The Bertz CT molecular complexity index is 2550. The molecule has 0 unspecified atom stereocenters. The molecule has 0 radical (unpaired) electrons. The number of nitrogens with zero attached hydrogens (tertiary/aromatic N) is 2. The molecular weight excluding hydrogens is 641 g/mol. The average Bonchev–Trinajstić information content (AvgIpc) is 3.81. The van der Waals surface area contributed by atoms with Crippen LogP contribution in [0.1, 0.15) is 35.1 Å². The van der Waals surface area contributed by atoms with Gasteiger partial charge < -0.3 is 9.80 Å². The quantitative estimate of drug-likeness (QED) is 0.165. The lowest BCUT2D eigenvalue weighted by atomic mass is 9.74. The van der Waals surface area contributed by atoms with Crippen LogP contribution in [0, 0.1) is 0 Å². The molecule has 0 amide bonds. The molecule has 0 saturated carbocycles. The summed E-state index contributed by atoms with van der Waals surface area (Å²) in [5.74, 6) is 0. The van der Waals surface area contributed by atoms with Crippen molar-refractivity contribution in [2.45, 2.75) is 31.1 Å². The summed E-state index contributed by atoms with van der Waals surface area (Å²) >= 11 is 0. The van der Waals surface area contributed by atoms with Gasteiger partial charge in [0.2, 0.25) is 0 Å². The van der Waals surface area contributed by atoms with Crippen LogP contribution in [0.15, 0.2) is 194 Å². The minimum absolute atomic E-state index is 0.132. The Kier molecular flexibility index (Phi) is 7.69. The van der Waals surface area contributed by atoms with Crippen LogP contribution in [0.2, 0.25) is 0 Å². The molecule has 8 aromatic rings. The highest BCUT2D eigenvalue weighted by molar-refractivity contribution is 5.99. The topological polar surface area (TPSA) is 6.48 Å². The second-order valence-electron chi connectivity index (χ2n) is 14.5. The van der Waals surface area contributed by atoms with Crippen molar-refractivity contribution in [1.82, 2.24) is 0 Å². The lowest BCUT2D eigenvalue weighted by molar-refractivity contribution is 0.508. The first-order valence-electron chi connectivity index (χ1n) is 18.9. The summed E-state index contributed by atoms with van der Waals surface area (Å²) in [6.07, 6.45) is 4.31. The van der Waals surface area contributed by atoms with Crippen molar-refractivity contribution >= 4 is 44.9 Å². The van der Waals surface area contributed by atoms with Gasteiger partial charge in [-0.2, -0.15) is 0 Å². The molecule has 0 saturated heterocycles. The van der Waals surface area contributed by atoms with Gasteiger partial charge in [0.05, 0.1) is 17.1 Å². The summed E-state index contributed by atoms with van der Waals surface area (Å²) in [5, 5.41) is 2.50. The third-order valence-electron chi connectivity index (χ3n) is 11.6. The van der Waals surface area contributed by atoms with E-state index in [0.717, 1.165) is 25.7 Å². The molecule has 2 aliphatic carbocycles. The van der Waals surface area contributed by atoms with Gasteiger partial charge in [-0.1, -0.05) is 140 Å². The van der Waals surface area contributed by atoms with Gasteiger partial charge in [-0.25, -0.2) is 0 Å². The van der Waals surface area contributed by atoms with Crippen molar-refractivity contribution in [1.29, 1.82) is 0 Å². The molecule has 53 heavy (non-hydrogen) atoms. The van der Waals surface area contributed by atoms with Crippen LogP contribution in [-0.4, -0.2) is 0 Å². The van der Waals surface area contributed by atoms with Crippen molar-refractivity contribution in [3.05, 3.63) is 216 Å². The third-order valence-corrected chi connectivity index (χ3v) is 11.6. The zero-order valence-electron chi connectivity index (χ0n) is 29.7. The van der Waals surface area contributed by atoms with E-state index < -0.39 is 0 Å². The molecule has 0 N–H and O–H groups in total. The Hall–Kier alpha value is -6.38. The van der Waals surface area contributed by atoms with E-state index in [1.807, 2.05) is 0 Å². The summed E-state index contributed by atoms with van der Waals surface area (Å²) < 4.78 is 0. The van der Waals surface area contributed by atoms with Gasteiger partial charge in [0.25, 0.3) is 0 Å². The van der Waals surface area contributed by atoms with Crippen molar-refractivity contribution in [2.24, 2.45) is 0 Å². The van der Waals surface area contributed by atoms with Crippen molar-refractivity contribution in [3.8, 4) is 11.1 Å². The van der Waals surface area contributed by atoms with Gasteiger partial charge in [-0.15, -0.1) is 0 Å². The van der Waals surface area contributed by atoms with E-state index in [1.54, 1.807) is 0 Å². The van der Waals surface area contributed by atoms with Crippen LogP contribution >= 0.6 is 0 Å². The highest BCUT2D eigenvalue weighted by Crippen LogP contribution is 2.60. The number of fused-ring (bicyclic) bond motifs is 5. The lowest BCUT2D eigenvalue weighted by Gasteiger charge is -2.37. The minimum atomic E-state index is -0.132. The first-order chi connectivity index (χ1) is 26.3. The summed E-state index contributed by atoms with van der Waals surface area (Å²) in [4.78, 5) is 5.03. The summed E-state index contributed by atoms with van der Waals surface area (Å²) in [6.45, 7) is 0. The van der Waals surface area contributed by atoms with Crippen molar-refractivity contribution in [3.63, 3.8) is 0 Å². The molecule has 2 heteroatoms. The van der Waals surface area contributed by atoms with Gasteiger partial charge in [0.1, 0.15) is 0 Å². The van der Waals surface area contributed by atoms with Gasteiger partial charge in [0.15, 0.2) is 0 Å². The number of aryl methyl sites for hydroxylation is 2. The Labute approximate surface area is 312 Å². The number of para-hydroxylation sites is 2. The Morgan fingerprint density at radius 3 is 1.43 bits per heavy atom. The number of benzene rings is 8. The Morgan fingerprint density at radius 1 is 0.340 bits per heavy atom. The van der Waals surface area contributed by atoms with E-state index in [1.165, 1.54) is 78.3 Å². The standard InChI is InChI=1S/C51H40N2/c1-4-15-37(16-5-1)38-29-31-44(32-30-38)52(42-21-6-2-7-22-42)47-27-13-19-40-33-35-51(49(40)47)36-34-41-20-14-28-48(50(41)51)53(43-23-8-3-9-24-43)46-26-12-18-39-17-10-11-25-45(39)46/h1-32H,33-36H2/t51-/m1/s1. The first kappa shape index (κ1) is 31.4. The maximum atomic E-state index is 2.53. The Morgan fingerprint density at radius 2 is 0.792 bits per heavy atom. The normalized spacial score (nSPS) is 15.7. The number of hydrogen-bond acceptors (Lipinski definition) is 2. The van der Waals surface area contributed by atoms with Crippen LogP contribution in [0.3, 0.4) is 0 Å². The molecule has 1 atom stereocenters. The zero-order chi connectivity index (χ0) is 35.2. The van der Waals surface area contributed by atoms with Crippen LogP contribution in [0.5, 0.6) is 0 Å². The van der Waals surface area contributed by atoms with Crippen LogP contribution in [-0.2, 0) is 18.3 Å². The molecule has 8 aromatic carbocycles. The minimum Gasteiger partial charge on any atom is -0.310 e. The van der Waals surface area contributed by atoms with Gasteiger partial charge in [-0.05, 0) is 119 Å². The summed E-state index contributed by atoms with van der Waals surface area (Å²) in [7, 11) is 0. The fourth-order valence-corrected chi connectivity index (χ4v) is 9.34. The van der Waals surface area contributed by atoms with E-state index in [9.17, 15) is 0 Å². The fraction of sp³-hybridized carbons (Fsp3) is 0.0980. The molecule has 10 rings (SSSR count). The van der Waals surface area contributed by atoms with E-state index in [-0.39, 0.29) is 5.41 Å². The van der Waals surface area contributed by atoms with E-state index >= 15 is 0 Å². The molecule has 2 aliphatic rings. The average molecular weight is 681 g/mol. The molecule has 0 aromatic heterocycles. The third kappa shape index (κ3) is 5.25. The summed E-state index contributed by atoms with van der Waals surface area (Å²) in [6, 6.07) is 71.2. The number of rotatable bonds is 7. The van der Waals surface area contributed by atoms with Gasteiger partial charge >= 0.3 is 0 Å². The number of hydrogen-bond donors (Lipinski definition) is 0. The van der Waals surface area contributed by atoms with Crippen LogP contribution in [0.25, 0.3) is 21.9 Å². The zero-order valence-corrected chi connectivity index (χ0v) is 29.7. The largest absolute Gasteiger partial charge is 0.310 e. The maximum Gasteiger partial charge on any atom is 0.0540 e. The van der Waals surface area contributed by atoms with E-state index in [2.05, 4.69) is 204 Å². The molecule has 0 aliphatic heterocycles. The second-order valence-corrected chi connectivity index (χ2v) is 14.5. The SMILES string of the molecule is c1ccc(-c2ccc(N(c3ccccc3)c3cccc4c3[C@@]3(CC4)CCc4cccc(N(c5ccccc5)c5cccc6ccccc56)c43)cc2)cc1. The molecule has 0 heterocycles. The molecule has 2 nitrogen and oxygen atoms in total. The fourth-order valence-electron chi connectivity index (χ4n) is 9.34. The van der Waals surface area contributed by atoms with Crippen molar-refractivity contribution < 1.29 is 0 Å². The highest BCUT2D eigenvalue weighted by atomic mass is 15.2. The van der Waals surface area contributed by atoms with E-state index in [0.29, 0.717) is 0 Å². The van der Waals surface area contributed by atoms with Crippen molar-refractivity contribution in [2.75, 3.05) is 9.80 Å². The Balaban J connectivity index is 1.18. The predicted octanol–water partition coefficient (Wildman–Crippen LogP) is 13.6. The number of anilines is 6. The van der Waals surface area contributed by atoms with Gasteiger partial charge in [-0.3, -0.25) is 0 Å². The molecule has 254 valence electrons. The second kappa shape index (κ2) is 13.0. The van der Waals surface area contributed by atoms with Gasteiger partial charge in [0, 0.05) is 27.9 Å². The first-order valence-corrected chi connectivity index (χ1v) is 18.9. The van der Waals surface area contributed by atoms with Crippen LogP contribution < -0.4 is 9.80 Å². The van der Waals surface area contributed by atoms with E-state index in [4.69, 9.17) is 0 Å². The molecule has 0 fully saturated rings. The summed E-state index contributed by atoms with van der Waals surface area (Å²) in [5.41, 5.74) is 15.5. The monoisotopic (exact) mass is 680 g/mol. The highest BCUT2D eigenvalue weighted by Gasteiger charge is 2.49. The smallest absolute Gasteiger partial charge is 0.0540 e. The molecule has 1 spiro atoms.